The highest BCUT2D eigenvalue weighted by molar-refractivity contribution is 6.32. The summed E-state index contributed by atoms with van der Waals surface area (Å²) in [7, 11) is 2.01. The van der Waals surface area contributed by atoms with E-state index < -0.39 is 0 Å². The van der Waals surface area contributed by atoms with Gasteiger partial charge in [-0.2, -0.15) is 0 Å². The molecular weight excluding hydrogens is 236 g/mol. The average Bonchev–Trinajstić information content (AvgIpc) is 2.38. The molecule has 1 aromatic rings. The van der Waals surface area contributed by atoms with Crippen molar-refractivity contribution in [2.45, 2.75) is 19.3 Å². The second kappa shape index (κ2) is 6.17. The maximum Gasteiger partial charge on any atom is 0.150 e. The zero-order valence-corrected chi connectivity index (χ0v) is 11.0. The van der Waals surface area contributed by atoms with Gasteiger partial charge in [0.1, 0.15) is 11.3 Å². The molecule has 4 nitrogen and oxygen atoms in total. The summed E-state index contributed by atoms with van der Waals surface area (Å²) in [4.78, 5) is 10.4. The normalized spacial score (nSPS) is 17.4. The third-order valence-corrected chi connectivity index (χ3v) is 3.63. The van der Waals surface area contributed by atoms with Crippen molar-refractivity contribution in [1.29, 1.82) is 0 Å². The van der Waals surface area contributed by atoms with E-state index in [1.165, 1.54) is 19.3 Å². The van der Waals surface area contributed by atoms with Crippen LogP contribution in [0.4, 0.5) is 5.82 Å². The molecule has 0 saturated carbocycles. The molecule has 0 bridgehead atoms. The standard InChI is InChI=1S/C12H19ClN4/c1-14-5-2-10-3-6-17(7-4-10)12-11(13)8-15-9-16-12/h8-10,14H,2-7H2,1H3. The molecule has 1 fully saturated rings. The summed E-state index contributed by atoms with van der Waals surface area (Å²) in [6, 6.07) is 0. The molecule has 0 amide bonds. The van der Waals surface area contributed by atoms with Gasteiger partial charge in [0.05, 0.1) is 6.20 Å². The quantitative estimate of drug-likeness (QED) is 0.892. The van der Waals surface area contributed by atoms with Crippen molar-refractivity contribution in [3.63, 3.8) is 0 Å². The Hall–Kier alpha value is -0.870. The van der Waals surface area contributed by atoms with E-state index in [4.69, 9.17) is 11.6 Å². The lowest BCUT2D eigenvalue weighted by molar-refractivity contribution is 0.377. The molecule has 0 aliphatic carbocycles. The number of anilines is 1. The highest BCUT2D eigenvalue weighted by Gasteiger charge is 2.21. The summed E-state index contributed by atoms with van der Waals surface area (Å²) < 4.78 is 0. The molecule has 1 aromatic heterocycles. The Kier molecular flexibility index (Phi) is 4.57. The number of nitrogens with one attached hydrogen (secondary N) is 1. The van der Waals surface area contributed by atoms with E-state index in [-0.39, 0.29) is 0 Å². The number of hydrogen-bond acceptors (Lipinski definition) is 4. The summed E-state index contributed by atoms with van der Waals surface area (Å²) in [6.07, 6.45) is 6.94. The Morgan fingerprint density at radius 2 is 2.24 bits per heavy atom. The van der Waals surface area contributed by atoms with Crippen LogP contribution in [0, 0.1) is 5.92 Å². The molecular formula is C12H19ClN4. The van der Waals surface area contributed by atoms with Gasteiger partial charge in [-0.1, -0.05) is 11.6 Å². The minimum atomic E-state index is 0.654. The zero-order chi connectivity index (χ0) is 12.1. The summed E-state index contributed by atoms with van der Waals surface area (Å²) in [5, 5.41) is 3.87. The van der Waals surface area contributed by atoms with Crippen molar-refractivity contribution in [3.8, 4) is 0 Å². The minimum Gasteiger partial charge on any atom is -0.355 e. The van der Waals surface area contributed by atoms with Crippen LogP contribution in [0.5, 0.6) is 0 Å². The van der Waals surface area contributed by atoms with Crippen LogP contribution in [-0.2, 0) is 0 Å². The number of hydrogen-bond donors (Lipinski definition) is 1. The molecule has 17 heavy (non-hydrogen) atoms. The SMILES string of the molecule is CNCCC1CCN(c2ncncc2Cl)CC1. The highest BCUT2D eigenvalue weighted by Crippen LogP contribution is 2.27. The fourth-order valence-electron chi connectivity index (χ4n) is 2.32. The molecule has 1 N–H and O–H groups in total. The van der Waals surface area contributed by atoms with Gasteiger partial charge in [0, 0.05) is 13.1 Å². The highest BCUT2D eigenvalue weighted by atomic mass is 35.5. The van der Waals surface area contributed by atoms with Crippen molar-refractivity contribution in [1.82, 2.24) is 15.3 Å². The van der Waals surface area contributed by atoms with Gasteiger partial charge in [-0.25, -0.2) is 9.97 Å². The van der Waals surface area contributed by atoms with E-state index in [2.05, 4.69) is 20.2 Å². The summed E-state index contributed by atoms with van der Waals surface area (Å²) in [5.41, 5.74) is 0. The summed E-state index contributed by atoms with van der Waals surface area (Å²) in [5.74, 6) is 1.72. The Labute approximate surface area is 107 Å². The van der Waals surface area contributed by atoms with Gasteiger partial charge in [-0.15, -0.1) is 0 Å². The molecule has 0 spiro atoms. The number of piperidine rings is 1. The van der Waals surface area contributed by atoms with Gasteiger partial charge in [-0.05, 0) is 38.8 Å². The first-order valence-corrected chi connectivity index (χ1v) is 6.54. The van der Waals surface area contributed by atoms with E-state index in [9.17, 15) is 0 Å². The molecule has 2 heterocycles. The van der Waals surface area contributed by atoms with Gasteiger partial charge < -0.3 is 10.2 Å². The van der Waals surface area contributed by atoms with Crippen LogP contribution in [-0.4, -0.2) is 36.6 Å². The van der Waals surface area contributed by atoms with Crippen LogP contribution in [0.1, 0.15) is 19.3 Å². The predicted molar refractivity (Wildman–Crippen MR) is 70.5 cm³/mol. The van der Waals surface area contributed by atoms with E-state index in [1.807, 2.05) is 7.05 Å². The Balaban J connectivity index is 1.89. The molecule has 2 rings (SSSR count). The largest absolute Gasteiger partial charge is 0.355 e. The molecule has 0 atom stereocenters. The second-order valence-corrected chi connectivity index (χ2v) is 4.92. The fraction of sp³-hybridized carbons (Fsp3) is 0.667. The van der Waals surface area contributed by atoms with Crippen molar-refractivity contribution < 1.29 is 0 Å². The molecule has 0 aromatic carbocycles. The van der Waals surface area contributed by atoms with Gasteiger partial charge in [0.2, 0.25) is 0 Å². The fourth-order valence-corrected chi connectivity index (χ4v) is 2.55. The average molecular weight is 255 g/mol. The summed E-state index contributed by atoms with van der Waals surface area (Å²) in [6.45, 7) is 3.20. The predicted octanol–water partition coefficient (Wildman–Crippen LogP) is 1.96. The molecule has 0 radical (unpaired) electrons. The molecule has 0 unspecified atom stereocenters. The lowest BCUT2D eigenvalue weighted by Gasteiger charge is -2.33. The Bertz CT molecular complexity index is 350. The Morgan fingerprint density at radius 1 is 1.47 bits per heavy atom. The minimum absolute atomic E-state index is 0.654. The lowest BCUT2D eigenvalue weighted by atomic mass is 9.93. The maximum absolute atomic E-state index is 6.10. The van der Waals surface area contributed by atoms with Crippen LogP contribution in [0.25, 0.3) is 0 Å². The summed E-state index contributed by atoms with van der Waals surface area (Å²) >= 11 is 6.10. The first kappa shape index (κ1) is 12.6. The van der Waals surface area contributed by atoms with Crippen molar-refractivity contribution >= 4 is 17.4 Å². The van der Waals surface area contributed by atoms with Crippen molar-refractivity contribution in [2.24, 2.45) is 5.92 Å². The molecule has 1 saturated heterocycles. The maximum atomic E-state index is 6.10. The van der Waals surface area contributed by atoms with Crippen LogP contribution in [0.3, 0.4) is 0 Å². The smallest absolute Gasteiger partial charge is 0.150 e. The van der Waals surface area contributed by atoms with Crippen LogP contribution >= 0.6 is 11.6 Å². The molecule has 94 valence electrons. The van der Waals surface area contributed by atoms with Gasteiger partial charge in [0.15, 0.2) is 5.82 Å². The third-order valence-electron chi connectivity index (χ3n) is 3.36. The van der Waals surface area contributed by atoms with Gasteiger partial charge in [0.25, 0.3) is 0 Å². The van der Waals surface area contributed by atoms with E-state index in [0.717, 1.165) is 31.4 Å². The van der Waals surface area contributed by atoms with E-state index in [1.54, 1.807) is 12.5 Å². The van der Waals surface area contributed by atoms with E-state index in [0.29, 0.717) is 5.02 Å². The van der Waals surface area contributed by atoms with Crippen molar-refractivity contribution in [2.75, 3.05) is 31.6 Å². The van der Waals surface area contributed by atoms with Crippen LogP contribution < -0.4 is 10.2 Å². The first-order chi connectivity index (χ1) is 8.31. The number of aromatic nitrogens is 2. The third kappa shape index (κ3) is 3.30. The van der Waals surface area contributed by atoms with Gasteiger partial charge >= 0.3 is 0 Å². The zero-order valence-electron chi connectivity index (χ0n) is 10.2. The molecule has 5 heteroatoms. The second-order valence-electron chi connectivity index (χ2n) is 4.52. The topological polar surface area (TPSA) is 41.0 Å². The monoisotopic (exact) mass is 254 g/mol. The number of halogens is 1. The number of rotatable bonds is 4. The Morgan fingerprint density at radius 3 is 2.88 bits per heavy atom. The molecule has 1 aliphatic rings. The molecule has 1 aliphatic heterocycles. The van der Waals surface area contributed by atoms with Crippen LogP contribution in [0.2, 0.25) is 5.02 Å². The first-order valence-electron chi connectivity index (χ1n) is 6.16. The lowest BCUT2D eigenvalue weighted by Crippen LogP contribution is -2.35. The van der Waals surface area contributed by atoms with Crippen LogP contribution in [0.15, 0.2) is 12.5 Å². The van der Waals surface area contributed by atoms with Gasteiger partial charge in [-0.3, -0.25) is 0 Å². The number of nitrogens with zero attached hydrogens (tertiary/aromatic N) is 3. The van der Waals surface area contributed by atoms with E-state index >= 15 is 0 Å². The van der Waals surface area contributed by atoms with Crippen molar-refractivity contribution in [3.05, 3.63) is 17.5 Å².